The summed E-state index contributed by atoms with van der Waals surface area (Å²) in [6.45, 7) is 3.15. The molecule has 0 spiro atoms. The van der Waals surface area contributed by atoms with E-state index < -0.39 is 17.7 Å². The highest BCUT2D eigenvalue weighted by molar-refractivity contribution is 5.20. The smallest absolute Gasteiger partial charge is 0.159 e. The molecule has 0 aliphatic carbocycles. The third-order valence-electron chi connectivity index (χ3n) is 2.09. The Bertz CT molecular complexity index is 317. The lowest BCUT2D eigenvalue weighted by atomic mass is 10.1. The van der Waals surface area contributed by atoms with Gasteiger partial charge in [0.1, 0.15) is 0 Å². The van der Waals surface area contributed by atoms with Crippen molar-refractivity contribution in [1.29, 1.82) is 0 Å². The van der Waals surface area contributed by atoms with Crippen molar-refractivity contribution in [2.45, 2.75) is 19.4 Å². The average molecular weight is 215 g/mol. The van der Waals surface area contributed by atoms with Gasteiger partial charge in [0.25, 0.3) is 0 Å². The second kappa shape index (κ2) is 5.78. The number of benzene rings is 1. The predicted octanol–water partition coefficient (Wildman–Crippen LogP) is 2.00. The van der Waals surface area contributed by atoms with Gasteiger partial charge in [-0.05, 0) is 30.7 Å². The Morgan fingerprint density at radius 3 is 2.67 bits per heavy atom. The second-order valence-corrected chi connectivity index (χ2v) is 3.39. The van der Waals surface area contributed by atoms with Gasteiger partial charge in [0.05, 0.1) is 6.10 Å². The monoisotopic (exact) mass is 215 g/mol. The Balaban J connectivity index is 2.57. The molecule has 0 saturated carbocycles. The third-order valence-corrected chi connectivity index (χ3v) is 2.09. The highest BCUT2D eigenvalue weighted by Crippen LogP contribution is 2.15. The van der Waals surface area contributed by atoms with Crippen molar-refractivity contribution < 1.29 is 13.9 Å². The summed E-state index contributed by atoms with van der Waals surface area (Å²) in [4.78, 5) is 0. The summed E-state index contributed by atoms with van der Waals surface area (Å²) in [5, 5.41) is 12.6. The van der Waals surface area contributed by atoms with Crippen molar-refractivity contribution in [3.8, 4) is 0 Å². The molecule has 0 aliphatic rings. The minimum atomic E-state index is -0.929. The summed E-state index contributed by atoms with van der Waals surface area (Å²) >= 11 is 0. The van der Waals surface area contributed by atoms with Crippen LogP contribution in [0.25, 0.3) is 0 Å². The molecule has 0 saturated heterocycles. The summed E-state index contributed by atoms with van der Waals surface area (Å²) in [5.74, 6) is -1.82. The van der Waals surface area contributed by atoms with Crippen molar-refractivity contribution in [1.82, 2.24) is 5.32 Å². The van der Waals surface area contributed by atoms with Gasteiger partial charge < -0.3 is 10.4 Å². The van der Waals surface area contributed by atoms with Crippen LogP contribution in [0.4, 0.5) is 8.78 Å². The largest absolute Gasteiger partial charge is 0.387 e. The van der Waals surface area contributed by atoms with Crippen molar-refractivity contribution in [3.05, 3.63) is 35.4 Å². The van der Waals surface area contributed by atoms with Gasteiger partial charge in [-0.15, -0.1) is 0 Å². The average Bonchev–Trinajstić information content (AvgIpc) is 2.22. The Morgan fingerprint density at radius 1 is 1.33 bits per heavy atom. The number of hydrogen-bond donors (Lipinski definition) is 2. The summed E-state index contributed by atoms with van der Waals surface area (Å²) < 4.78 is 25.4. The van der Waals surface area contributed by atoms with Crippen LogP contribution in [0.5, 0.6) is 0 Å². The van der Waals surface area contributed by atoms with Crippen LogP contribution in [0.15, 0.2) is 18.2 Å². The van der Waals surface area contributed by atoms with E-state index in [2.05, 4.69) is 5.32 Å². The van der Waals surface area contributed by atoms with Gasteiger partial charge in [-0.3, -0.25) is 0 Å². The molecule has 4 heteroatoms. The van der Waals surface area contributed by atoms with E-state index in [4.69, 9.17) is 0 Å². The van der Waals surface area contributed by atoms with E-state index in [9.17, 15) is 13.9 Å². The van der Waals surface area contributed by atoms with Gasteiger partial charge >= 0.3 is 0 Å². The number of halogens is 2. The molecule has 0 aromatic heterocycles. The predicted molar refractivity (Wildman–Crippen MR) is 54.5 cm³/mol. The van der Waals surface area contributed by atoms with Gasteiger partial charge in [-0.2, -0.15) is 0 Å². The molecule has 0 aliphatic heterocycles. The summed E-state index contributed by atoms with van der Waals surface area (Å²) in [6, 6.07) is 3.43. The van der Waals surface area contributed by atoms with E-state index in [1.54, 1.807) is 0 Å². The molecule has 84 valence electrons. The van der Waals surface area contributed by atoms with Gasteiger partial charge in [0.15, 0.2) is 11.6 Å². The lowest BCUT2D eigenvalue weighted by molar-refractivity contribution is 0.174. The Morgan fingerprint density at radius 2 is 2.07 bits per heavy atom. The van der Waals surface area contributed by atoms with Crippen molar-refractivity contribution in [2.75, 3.05) is 13.1 Å². The molecule has 1 atom stereocenters. The molecule has 2 N–H and O–H groups in total. The second-order valence-electron chi connectivity index (χ2n) is 3.39. The first kappa shape index (κ1) is 12.1. The molecule has 0 bridgehead atoms. The highest BCUT2D eigenvalue weighted by Gasteiger charge is 2.09. The minimum Gasteiger partial charge on any atom is -0.387 e. The van der Waals surface area contributed by atoms with Crippen LogP contribution in [0.3, 0.4) is 0 Å². The molecule has 15 heavy (non-hydrogen) atoms. The molecule has 2 nitrogen and oxygen atoms in total. The first-order valence-corrected chi connectivity index (χ1v) is 4.99. The summed E-state index contributed by atoms with van der Waals surface area (Å²) in [6.07, 6.45) is 0.163. The van der Waals surface area contributed by atoms with Crippen LogP contribution < -0.4 is 5.32 Å². The van der Waals surface area contributed by atoms with Crippen molar-refractivity contribution in [3.63, 3.8) is 0 Å². The molecule has 1 aromatic carbocycles. The molecule has 1 rings (SSSR count). The van der Waals surface area contributed by atoms with Crippen LogP contribution in [-0.4, -0.2) is 18.2 Å². The first-order valence-electron chi connectivity index (χ1n) is 4.99. The zero-order valence-electron chi connectivity index (χ0n) is 8.63. The summed E-state index contributed by atoms with van der Waals surface area (Å²) in [5.41, 5.74) is 0.387. The lowest BCUT2D eigenvalue weighted by Crippen LogP contribution is -2.22. The van der Waals surface area contributed by atoms with Crippen LogP contribution in [0, 0.1) is 11.6 Å². The SMILES string of the molecule is CCCNCC(O)c1ccc(F)c(F)c1. The zero-order valence-corrected chi connectivity index (χ0v) is 8.63. The zero-order chi connectivity index (χ0) is 11.3. The topological polar surface area (TPSA) is 32.3 Å². The molecule has 1 aromatic rings. The standard InChI is InChI=1S/C11H15F2NO/c1-2-5-14-7-11(15)8-3-4-9(12)10(13)6-8/h3-4,6,11,14-15H,2,5,7H2,1H3. The van der Waals surface area contributed by atoms with Crippen LogP contribution >= 0.6 is 0 Å². The maximum atomic E-state index is 12.8. The molecule has 0 amide bonds. The fraction of sp³-hybridized carbons (Fsp3) is 0.455. The maximum Gasteiger partial charge on any atom is 0.159 e. The first-order chi connectivity index (χ1) is 7.15. The maximum absolute atomic E-state index is 12.8. The van der Waals surface area contributed by atoms with Crippen molar-refractivity contribution in [2.24, 2.45) is 0 Å². The quantitative estimate of drug-likeness (QED) is 0.736. The fourth-order valence-electron chi connectivity index (χ4n) is 1.25. The minimum absolute atomic E-state index is 0.346. The van der Waals surface area contributed by atoms with E-state index in [0.717, 1.165) is 25.1 Å². The lowest BCUT2D eigenvalue weighted by Gasteiger charge is -2.11. The number of aliphatic hydroxyl groups excluding tert-OH is 1. The molecule has 1 unspecified atom stereocenters. The van der Waals surface area contributed by atoms with Crippen LogP contribution in [0.1, 0.15) is 25.0 Å². The number of aliphatic hydroxyl groups is 1. The normalized spacial score (nSPS) is 12.8. The fourth-order valence-corrected chi connectivity index (χ4v) is 1.25. The van der Waals surface area contributed by atoms with Crippen LogP contribution in [0.2, 0.25) is 0 Å². The number of rotatable bonds is 5. The van der Waals surface area contributed by atoms with Gasteiger partial charge in [-0.25, -0.2) is 8.78 Å². The molecular formula is C11H15F2NO. The van der Waals surface area contributed by atoms with Gasteiger partial charge in [-0.1, -0.05) is 13.0 Å². The Hall–Kier alpha value is -1.00. The summed E-state index contributed by atoms with van der Waals surface area (Å²) in [7, 11) is 0. The number of hydrogen-bond acceptors (Lipinski definition) is 2. The van der Waals surface area contributed by atoms with Gasteiger partial charge in [0, 0.05) is 6.54 Å². The van der Waals surface area contributed by atoms with E-state index in [0.29, 0.717) is 12.1 Å². The Labute approximate surface area is 87.9 Å². The van der Waals surface area contributed by atoms with Crippen molar-refractivity contribution >= 4 is 0 Å². The third kappa shape index (κ3) is 3.57. The molecule has 0 radical (unpaired) electrons. The molecule has 0 fully saturated rings. The van der Waals surface area contributed by atoms with E-state index in [1.807, 2.05) is 6.92 Å². The van der Waals surface area contributed by atoms with Crippen LogP contribution in [-0.2, 0) is 0 Å². The van der Waals surface area contributed by atoms with E-state index in [-0.39, 0.29) is 0 Å². The molecular weight excluding hydrogens is 200 g/mol. The number of nitrogens with one attached hydrogen (secondary N) is 1. The van der Waals surface area contributed by atoms with E-state index in [1.165, 1.54) is 6.07 Å². The molecule has 0 heterocycles. The van der Waals surface area contributed by atoms with E-state index >= 15 is 0 Å². The highest BCUT2D eigenvalue weighted by atomic mass is 19.2. The Kier molecular flexibility index (Phi) is 4.65. The van der Waals surface area contributed by atoms with Gasteiger partial charge in [0.2, 0.25) is 0 Å².